The summed E-state index contributed by atoms with van der Waals surface area (Å²) in [5.74, 6) is 5.39. The zero-order valence-corrected chi connectivity index (χ0v) is 25.8. The van der Waals surface area contributed by atoms with Crippen molar-refractivity contribution in [2.24, 2.45) is 23.2 Å². The van der Waals surface area contributed by atoms with Gasteiger partial charge in [0.1, 0.15) is 29.5 Å². The van der Waals surface area contributed by atoms with Gasteiger partial charge in [-0.2, -0.15) is 0 Å². The van der Waals surface area contributed by atoms with Crippen LogP contribution in [0.5, 0.6) is 11.5 Å². The van der Waals surface area contributed by atoms with Gasteiger partial charge in [-0.15, -0.1) is 0 Å². The first kappa shape index (κ1) is 28.5. The van der Waals surface area contributed by atoms with E-state index < -0.39 is 0 Å². The Bertz CT molecular complexity index is 1550. The van der Waals surface area contributed by atoms with Crippen LogP contribution in [0.2, 0.25) is 0 Å². The number of nitrogens with two attached hydrogens (primary N) is 1. The second-order valence-corrected chi connectivity index (χ2v) is 14.3. The number of hydrogen-bond donors (Lipinski definition) is 3. The normalized spacial score (nSPS) is 27.8. The number of nitrogen functional groups attached to an aromatic ring is 1. The molecular weight excluding hydrogens is 562 g/mol. The quantitative estimate of drug-likeness (QED) is 0.273. The maximum atomic E-state index is 13.3. The van der Waals surface area contributed by atoms with E-state index in [1.54, 1.807) is 0 Å². The van der Waals surface area contributed by atoms with E-state index in [9.17, 15) is 4.79 Å². The molecule has 2 aromatic carbocycles. The molecule has 6 fully saturated rings. The highest BCUT2D eigenvalue weighted by atomic mass is 16.5. The molecular formula is C36H43N7O2. The smallest absolute Gasteiger partial charge is 0.223 e. The molecule has 9 rings (SSSR count). The molecule has 234 valence electrons. The summed E-state index contributed by atoms with van der Waals surface area (Å²) < 4.78 is 5.91. The van der Waals surface area contributed by atoms with Gasteiger partial charge in [-0.25, -0.2) is 9.97 Å². The number of benzene rings is 2. The second-order valence-electron chi connectivity index (χ2n) is 14.3. The predicted octanol–water partition coefficient (Wildman–Crippen LogP) is 5.57. The number of rotatable bonds is 9. The van der Waals surface area contributed by atoms with Crippen LogP contribution in [0, 0.1) is 28.6 Å². The average Bonchev–Trinajstić information content (AvgIpc) is 3.40. The average molecular weight is 606 g/mol. The van der Waals surface area contributed by atoms with Crippen molar-refractivity contribution in [1.82, 2.24) is 19.8 Å². The lowest BCUT2D eigenvalue weighted by molar-refractivity contribution is -0.142. The molecule has 1 aromatic heterocycles. The number of anilines is 2. The maximum absolute atomic E-state index is 13.3. The second kappa shape index (κ2) is 11.4. The zero-order chi connectivity index (χ0) is 30.5. The van der Waals surface area contributed by atoms with Crippen LogP contribution in [0.1, 0.15) is 62.5 Å². The molecule has 1 amide bonds. The number of nitrogens with zero attached hydrogens (tertiary/aromatic N) is 4. The van der Waals surface area contributed by atoms with Gasteiger partial charge in [0, 0.05) is 50.2 Å². The number of hydrogen-bond acceptors (Lipinski definition) is 8. The van der Waals surface area contributed by atoms with E-state index in [1.165, 1.54) is 38.4 Å². The van der Waals surface area contributed by atoms with Crippen molar-refractivity contribution in [2.75, 3.05) is 37.2 Å². The van der Waals surface area contributed by atoms with E-state index >= 15 is 0 Å². The Morgan fingerprint density at radius 1 is 0.956 bits per heavy atom. The molecule has 9 heteroatoms. The summed E-state index contributed by atoms with van der Waals surface area (Å²) in [6.07, 6.45) is 11.0. The number of piperidine rings is 1. The molecule has 2 atom stereocenters. The van der Waals surface area contributed by atoms with Crippen molar-refractivity contribution in [1.29, 1.82) is 5.41 Å². The Balaban J connectivity index is 0.842. The van der Waals surface area contributed by atoms with Crippen molar-refractivity contribution < 1.29 is 9.53 Å². The number of carbonyl (C=O) groups excluding carboxylic acids is 1. The molecule has 4 N–H and O–H groups in total. The Kier molecular flexibility index (Phi) is 7.24. The Labute approximate surface area is 265 Å². The number of carbonyl (C=O) groups is 1. The van der Waals surface area contributed by atoms with Gasteiger partial charge in [-0.05, 0) is 105 Å². The lowest BCUT2D eigenvalue weighted by Gasteiger charge is -2.48. The minimum Gasteiger partial charge on any atom is -0.457 e. The van der Waals surface area contributed by atoms with Crippen LogP contribution < -0.4 is 15.8 Å². The number of amides is 1. The minimum absolute atomic E-state index is 0.230. The van der Waals surface area contributed by atoms with Crippen LogP contribution in [0.25, 0.3) is 0 Å². The molecule has 4 aliphatic carbocycles. The van der Waals surface area contributed by atoms with Crippen LogP contribution in [-0.2, 0) is 4.79 Å². The van der Waals surface area contributed by atoms with Crippen LogP contribution >= 0.6 is 0 Å². The van der Waals surface area contributed by atoms with Crippen molar-refractivity contribution in [3.63, 3.8) is 0 Å². The van der Waals surface area contributed by atoms with Gasteiger partial charge in [0.2, 0.25) is 5.91 Å². The monoisotopic (exact) mass is 605 g/mol. The highest BCUT2D eigenvalue weighted by Gasteiger charge is 2.58. The van der Waals surface area contributed by atoms with Crippen LogP contribution in [0.15, 0.2) is 60.9 Å². The Morgan fingerprint density at radius 2 is 1.64 bits per heavy atom. The number of nitrogens with one attached hydrogen (secondary N) is 2. The summed E-state index contributed by atoms with van der Waals surface area (Å²) in [4.78, 5) is 26.7. The molecule has 2 aliphatic heterocycles. The third kappa shape index (κ3) is 5.45. The third-order valence-electron chi connectivity index (χ3n) is 11.5. The fourth-order valence-electron chi connectivity index (χ4n) is 9.37. The van der Waals surface area contributed by atoms with Crippen molar-refractivity contribution in [3.05, 3.63) is 72.1 Å². The van der Waals surface area contributed by atoms with Gasteiger partial charge in [-0.3, -0.25) is 15.1 Å². The van der Waals surface area contributed by atoms with Crippen molar-refractivity contribution >= 4 is 23.3 Å². The number of ether oxygens (including phenoxy) is 1. The molecule has 3 heterocycles. The first-order valence-corrected chi connectivity index (χ1v) is 16.7. The zero-order valence-electron chi connectivity index (χ0n) is 25.8. The highest BCUT2D eigenvalue weighted by molar-refractivity contribution is 6.16. The van der Waals surface area contributed by atoms with E-state index in [2.05, 4.69) is 25.1 Å². The van der Waals surface area contributed by atoms with E-state index in [-0.39, 0.29) is 17.6 Å². The molecule has 4 saturated carbocycles. The molecule has 9 nitrogen and oxygen atoms in total. The summed E-state index contributed by atoms with van der Waals surface area (Å²) in [5.41, 5.74) is 8.17. The predicted molar refractivity (Wildman–Crippen MR) is 175 cm³/mol. The molecule has 45 heavy (non-hydrogen) atoms. The van der Waals surface area contributed by atoms with E-state index in [1.807, 2.05) is 54.6 Å². The molecule has 6 aliphatic rings. The lowest BCUT2D eigenvalue weighted by Crippen LogP contribution is -2.63. The first-order valence-electron chi connectivity index (χ1n) is 16.7. The lowest BCUT2D eigenvalue weighted by atomic mass is 9.73. The standard InChI is InChI=1S/C36H43N7O2/c37-33(25-6-8-30(9-7-25)45-29-4-2-1-3-5-29)32-34(38)39-22-40-35(32)41-27-10-12-42(13-11-27)28-20-43(21-28)31(44)19-36-17-23-14-24(18-36)16-26(36)15-23/h1-9,22-24,26-28,37H,10-21H2,(H3,38,39,40,41). The van der Waals surface area contributed by atoms with Crippen molar-refractivity contribution in [3.8, 4) is 11.5 Å². The highest BCUT2D eigenvalue weighted by Crippen LogP contribution is 2.66. The van der Waals surface area contributed by atoms with E-state index in [0.717, 1.165) is 68.9 Å². The molecule has 2 unspecified atom stereocenters. The summed E-state index contributed by atoms with van der Waals surface area (Å²) in [6, 6.07) is 17.8. The molecule has 2 saturated heterocycles. The van der Waals surface area contributed by atoms with E-state index in [0.29, 0.717) is 40.1 Å². The number of aromatic nitrogens is 2. The van der Waals surface area contributed by atoms with Crippen molar-refractivity contribution in [2.45, 2.75) is 63.5 Å². The van der Waals surface area contributed by atoms with Gasteiger partial charge in [-0.1, -0.05) is 18.2 Å². The van der Waals surface area contributed by atoms with E-state index in [4.69, 9.17) is 15.9 Å². The van der Waals surface area contributed by atoms with Gasteiger partial charge < -0.3 is 20.7 Å². The molecule has 0 spiro atoms. The van der Waals surface area contributed by atoms with Gasteiger partial charge >= 0.3 is 0 Å². The summed E-state index contributed by atoms with van der Waals surface area (Å²) >= 11 is 0. The molecule has 0 radical (unpaired) electrons. The topological polar surface area (TPSA) is 120 Å². The fourth-order valence-corrected chi connectivity index (χ4v) is 9.37. The van der Waals surface area contributed by atoms with Gasteiger partial charge in [0.25, 0.3) is 0 Å². The minimum atomic E-state index is 0.230. The Morgan fingerprint density at radius 3 is 2.36 bits per heavy atom. The summed E-state index contributed by atoms with van der Waals surface area (Å²) in [7, 11) is 0. The van der Waals surface area contributed by atoms with Crippen LogP contribution in [0.4, 0.5) is 11.6 Å². The van der Waals surface area contributed by atoms with Crippen LogP contribution in [-0.4, -0.2) is 69.6 Å². The fraction of sp³-hybridized carbons (Fsp3) is 0.500. The largest absolute Gasteiger partial charge is 0.457 e. The van der Waals surface area contributed by atoms with Crippen LogP contribution in [0.3, 0.4) is 0 Å². The summed E-state index contributed by atoms with van der Waals surface area (Å²) in [6.45, 7) is 3.72. The number of likely N-dealkylation sites (tertiary alicyclic amines) is 2. The van der Waals surface area contributed by atoms with Gasteiger partial charge in [0.05, 0.1) is 11.3 Å². The number of para-hydroxylation sites is 1. The first-order chi connectivity index (χ1) is 21.9. The molecule has 4 bridgehead atoms. The molecule has 3 aromatic rings. The SMILES string of the molecule is N=C(c1ccc(Oc2ccccc2)cc1)c1c(N)ncnc1NC1CCN(C2CN(C(=O)CC34CC5CC(CC3C5)C4)C2)CC1. The maximum Gasteiger partial charge on any atom is 0.223 e. The van der Waals surface area contributed by atoms with Gasteiger partial charge in [0.15, 0.2) is 0 Å². The third-order valence-corrected chi connectivity index (χ3v) is 11.5. The summed E-state index contributed by atoms with van der Waals surface area (Å²) in [5, 5.41) is 12.6. The Hall–Kier alpha value is -3.98.